The molecule has 158 valence electrons. The third-order valence-corrected chi connectivity index (χ3v) is 5.19. The monoisotopic (exact) mass is 400 g/mol. The van der Waals surface area contributed by atoms with Crippen molar-refractivity contribution in [2.45, 2.75) is 76.1 Å². The van der Waals surface area contributed by atoms with Crippen LogP contribution in [-0.2, 0) is 28.4 Å². The van der Waals surface area contributed by atoms with Crippen molar-refractivity contribution in [2.75, 3.05) is 26.3 Å². The van der Waals surface area contributed by atoms with Gasteiger partial charge in [-0.25, -0.2) is 9.59 Å². The Hall–Kier alpha value is -1.62. The fraction of sp³-hybridized carbons (Fsp3) is 0.889. The number of ether oxygens (including phenoxy) is 6. The van der Waals surface area contributed by atoms with Gasteiger partial charge in [0.15, 0.2) is 12.1 Å². The number of fused-ring (bicyclic) bond motifs is 4. The Balaban J connectivity index is 1.54. The second-order valence-corrected chi connectivity index (χ2v) is 9.04. The Labute approximate surface area is 163 Å². The van der Waals surface area contributed by atoms with Crippen LogP contribution >= 0.6 is 0 Å². The van der Waals surface area contributed by atoms with Gasteiger partial charge in [-0.1, -0.05) is 0 Å². The summed E-state index contributed by atoms with van der Waals surface area (Å²) in [6.07, 6.45) is -2.66. The largest absolute Gasteiger partial charge is 0.448 e. The minimum Gasteiger partial charge on any atom is -0.448 e. The third-order valence-electron chi connectivity index (χ3n) is 5.19. The first-order valence-corrected chi connectivity index (χ1v) is 9.55. The number of carbonyl (C=O) groups excluding carboxylic acids is 2. The summed E-state index contributed by atoms with van der Waals surface area (Å²) in [5.41, 5.74) is -1.54. The Kier molecular flexibility index (Phi) is 4.53. The highest BCUT2D eigenvalue weighted by atomic mass is 16.8. The van der Waals surface area contributed by atoms with Gasteiger partial charge in [0.1, 0.15) is 36.1 Å². The predicted molar refractivity (Wildman–Crippen MR) is 93.5 cm³/mol. The van der Waals surface area contributed by atoms with Gasteiger partial charge in [-0.2, -0.15) is 0 Å². The van der Waals surface area contributed by atoms with Crippen LogP contribution in [0.5, 0.6) is 0 Å². The first-order chi connectivity index (χ1) is 13.0. The molecule has 0 aliphatic carbocycles. The van der Waals surface area contributed by atoms with Crippen molar-refractivity contribution in [3.8, 4) is 0 Å². The van der Waals surface area contributed by atoms with Gasteiger partial charge >= 0.3 is 12.2 Å². The van der Waals surface area contributed by atoms with E-state index in [1.54, 1.807) is 25.7 Å². The van der Waals surface area contributed by atoms with E-state index in [4.69, 9.17) is 28.4 Å². The maximum absolute atomic E-state index is 12.1. The quantitative estimate of drug-likeness (QED) is 0.748. The van der Waals surface area contributed by atoms with Crippen molar-refractivity contribution in [2.24, 2.45) is 0 Å². The molecule has 2 amide bonds. The van der Waals surface area contributed by atoms with E-state index in [1.807, 2.05) is 13.8 Å². The Morgan fingerprint density at radius 1 is 1.29 bits per heavy atom. The van der Waals surface area contributed by atoms with Crippen molar-refractivity contribution < 1.29 is 38.0 Å². The zero-order valence-electron chi connectivity index (χ0n) is 16.9. The molecule has 0 aromatic heterocycles. The fourth-order valence-corrected chi connectivity index (χ4v) is 4.17. The molecule has 4 rings (SSSR count). The molecular formula is C18H28N2O8. The minimum absolute atomic E-state index is 0.135. The molecule has 0 spiro atoms. The van der Waals surface area contributed by atoms with Gasteiger partial charge in [0.25, 0.3) is 0 Å². The van der Waals surface area contributed by atoms with Crippen LogP contribution in [0.25, 0.3) is 0 Å². The Morgan fingerprint density at radius 2 is 2.04 bits per heavy atom. The lowest BCUT2D eigenvalue weighted by atomic mass is 9.87. The highest BCUT2D eigenvalue weighted by molar-refractivity contribution is 5.70. The highest BCUT2D eigenvalue weighted by Gasteiger charge is 2.67. The molecule has 10 heteroatoms. The van der Waals surface area contributed by atoms with Gasteiger partial charge < -0.3 is 33.7 Å². The normalized spacial score (nSPS) is 38.9. The zero-order chi connectivity index (χ0) is 20.3. The van der Waals surface area contributed by atoms with Crippen LogP contribution in [0.15, 0.2) is 0 Å². The van der Waals surface area contributed by atoms with Crippen molar-refractivity contribution in [1.82, 2.24) is 10.2 Å². The molecule has 1 unspecified atom stereocenters. The second-order valence-electron chi connectivity index (χ2n) is 9.04. The highest BCUT2D eigenvalue weighted by Crippen LogP contribution is 2.47. The number of carbonyl (C=O) groups is 2. The minimum atomic E-state index is -0.930. The molecule has 0 aromatic rings. The molecule has 0 aromatic carbocycles. The summed E-state index contributed by atoms with van der Waals surface area (Å²) >= 11 is 0. The Morgan fingerprint density at radius 3 is 2.68 bits per heavy atom. The van der Waals surface area contributed by atoms with Crippen molar-refractivity contribution in [1.29, 1.82) is 0 Å². The van der Waals surface area contributed by atoms with Crippen molar-refractivity contribution in [3.63, 3.8) is 0 Å². The Bertz CT molecular complexity index is 662. The van der Waals surface area contributed by atoms with E-state index in [0.29, 0.717) is 13.2 Å². The van der Waals surface area contributed by atoms with Crippen molar-refractivity contribution in [3.05, 3.63) is 0 Å². The lowest BCUT2D eigenvalue weighted by Gasteiger charge is -2.44. The number of hydrogen-bond donors (Lipinski definition) is 1. The van der Waals surface area contributed by atoms with Crippen LogP contribution in [0, 0.1) is 0 Å². The molecular weight excluding hydrogens is 372 g/mol. The molecule has 5 atom stereocenters. The topological polar surface area (TPSA) is 105 Å². The van der Waals surface area contributed by atoms with E-state index in [2.05, 4.69) is 5.32 Å². The summed E-state index contributed by atoms with van der Waals surface area (Å²) in [7, 11) is 0. The summed E-state index contributed by atoms with van der Waals surface area (Å²) in [6, 6.07) is -0.487. The van der Waals surface area contributed by atoms with Gasteiger partial charge in [0, 0.05) is 0 Å². The first-order valence-electron chi connectivity index (χ1n) is 9.55. The fourth-order valence-electron chi connectivity index (χ4n) is 4.17. The maximum Gasteiger partial charge on any atom is 0.410 e. The van der Waals surface area contributed by atoms with E-state index in [9.17, 15) is 9.59 Å². The van der Waals surface area contributed by atoms with Crippen molar-refractivity contribution >= 4 is 12.2 Å². The van der Waals surface area contributed by atoms with E-state index in [1.165, 1.54) is 0 Å². The molecule has 1 N–H and O–H groups in total. The standard InChI is InChI=1S/C18H28N2O8/c1-16(2,3)28-14(21)19-8-18-9-24-13(27-18)10(20-6-7-23-15(20)22)11-12(18)26-17(4,5)25-11/h10-13H,6-9H2,1-5H3,(H,19,21)/t10-,11-,12-,13?,18+/m1/s1. The zero-order valence-corrected chi connectivity index (χ0v) is 16.9. The summed E-state index contributed by atoms with van der Waals surface area (Å²) in [4.78, 5) is 25.9. The SMILES string of the molecule is CC(C)(C)OC(=O)NC[C@@]12COC(O1)[C@H](N1CCOC1=O)[C@H]1OC(C)(C)O[C@H]12. The van der Waals surface area contributed by atoms with Crippen LogP contribution in [-0.4, -0.2) is 84.9 Å². The smallest absolute Gasteiger partial charge is 0.410 e. The number of hydrogen-bond acceptors (Lipinski definition) is 8. The second kappa shape index (κ2) is 6.45. The van der Waals surface area contributed by atoms with Crippen LogP contribution in [0.1, 0.15) is 34.6 Å². The lowest BCUT2D eigenvalue weighted by molar-refractivity contribution is -0.207. The molecule has 0 radical (unpaired) electrons. The van der Waals surface area contributed by atoms with Crippen LogP contribution in [0.3, 0.4) is 0 Å². The number of rotatable bonds is 3. The average molecular weight is 400 g/mol. The molecule has 2 bridgehead atoms. The number of nitrogens with one attached hydrogen (secondary N) is 1. The van der Waals surface area contributed by atoms with Gasteiger partial charge in [0.05, 0.1) is 19.7 Å². The van der Waals surface area contributed by atoms with E-state index < -0.39 is 53.7 Å². The molecule has 4 saturated heterocycles. The van der Waals surface area contributed by atoms with E-state index >= 15 is 0 Å². The molecule has 4 aliphatic heterocycles. The maximum atomic E-state index is 12.1. The molecule has 4 aliphatic rings. The van der Waals surface area contributed by atoms with Gasteiger partial charge in [0.2, 0.25) is 0 Å². The van der Waals surface area contributed by atoms with E-state index in [0.717, 1.165) is 0 Å². The predicted octanol–water partition coefficient (Wildman–Crippen LogP) is 0.977. The summed E-state index contributed by atoms with van der Waals surface area (Å²) in [5, 5.41) is 2.75. The molecule has 28 heavy (non-hydrogen) atoms. The number of nitrogens with zero attached hydrogens (tertiary/aromatic N) is 1. The number of cyclic esters (lactones) is 1. The number of alkyl carbamates (subject to hydrolysis) is 1. The first kappa shape index (κ1) is 19.7. The molecule has 10 nitrogen and oxygen atoms in total. The number of amides is 2. The summed E-state index contributed by atoms with van der Waals surface area (Å²) in [5.74, 6) is -0.857. The molecule has 4 fully saturated rings. The molecule has 4 heterocycles. The van der Waals surface area contributed by atoms with Crippen LogP contribution < -0.4 is 5.32 Å². The van der Waals surface area contributed by atoms with Gasteiger partial charge in [-0.15, -0.1) is 0 Å². The average Bonchev–Trinajstić information content (AvgIpc) is 3.23. The van der Waals surface area contributed by atoms with Crippen LogP contribution in [0.2, 0.25) is 0 Å². The lowest BCUT2D eigenvalue weighted by Crippen LogP contribution is -2.67. The summed E-state index contributed by atoms with van der Waals surface area (Å²) < 4.78 is 34.8. The third kappa shape index (κ3) is 3.42. The van der Waals surface area contributed by atoms with Gasteiger partial charge in [-0.05, 0) is 34.6 Å². The molecule has 0 saturated carbocycles. The van der Waals surface area contributed by atoms with E-state index in [-0.39, 0.29) is 13.2 Å². The summed E-state index contributed by atoms with van der Waals surface area (Å²) in [6.45, 7) is 10.1. The van der Waals surface area contributed by atoms with Gasteiger partial charge in [-0.3, -0.25) is 4.90 Å². The van der Waals surface area contributed by atoms with Crippen LogP contribution in [0.4, 0.5) is 9.59 Å².